The number of carbonyl (C=O) groups is 1. The molecule has 33 heavy (non-hydrogen) atoms. The van der Waals surface area contributed by atoms with Crippen molar-refractivity contribution in [1.29, 1.82) is 0 Å². The van der Waals surface area contributed by atoms with Crippen molar-refractivity contribution in [1.82, 2.24) is 19.3 Å². The van der Waals surface area contributed by atoms with Gasteiger partial charge in [-0.3, -0.25) is 14.2 Å². The van der Waals surface area contributed by atoms with Crippen LogP contribution in [0.15, 0.2) is 84.0 Å². The standard InChI is InChI=1S/C25H20ClN5O2/c1-15(29-24(32)22-19(27)10-12-30-13-11-28-23(22)30)20-14-16-6-5-9-18(26)21(16)25(33)31(20)17-7-3-2-4-8-17/h2-15H,27H2,1H3,(H,29,32)/t15-/m0/s1. The summed E-state index contributed by atoms with van der Waals surface area (Å²) in [6, 6.07) is 17.6. The Balaban J connectivity index is 1.65. The van der Waals surface area contributed by atoms with Crippen LogP contribution < -0.4 is 16.6 Å². The Morgan fingerprint density at radius 3 is 2.67 bits per heavy atom. The number of hydrogen-bond donors (Lipinski definition) is 2. The summed E-state index contributed by atoms with van der Waals surface area (Å²) in [5.41, 5.74) is 8.22. The van der Waals surface area contributed by atoms with Gasteiger partial charge in [0.2, 0.25) is 0 Å². The molecule has 0 spiro atoms. The van der Waals surface area contributed by atoms with E-state index in [4.69, 9.17) is 17.3 Å². The minimum atomic E-state index is -0.525. The van der Waals surface area contributed by atoms with Crippen molar-refractivity contribution in [2.45, 2.75) is 13.0 Å². The van der Waals surface area contributed by atoms with Gasteiger partial charge in [-0.25, -0.2) is 4.98 Å². The number of halogens is 1. The third-order valence-corrected chi connectivity index (χ3v) is 5.97. The number of para-hydroxylation sites is 1. The van der Waals surface area contributed by atoms with Crippen LogP contribution in [0.2, 0.25) is 5.02 Å². The van der Waals surface area contributed by atoms with E-state index in [1.165, 1.54) is 0 Å². The van der Waals surface area contributed by atoms with Crippen LogP contribution in [0.4, 0.5) is 5.69 Å². The molecule has 8 heteroatoms. The lowest BCUT2D eigenvalue weighted by molar-refractivity contribution is 0.0940. The molecule has 1 amide bonds. The molecular weight excluding hydrogens is 438 g/mol. The van der Waals surface area contributed by atoms with Crippen LogP contribution in [0.25, 0.3) is 22.1 Å². The van der Waals surface area contributed by atoms with Crippen LogP contribution in [0.3, 0.4) is 0 Å². The highest BCUT2D eigenvalue weighted by atomic mass is 35.5. The first-order chi connectivity index (χ1) is 16.0. The first kappa shape index (κ1) is 20.8. The minimum absolute atomic E-state index is 0.254. The average molecular weight is 458 g/mol. The predicted octanol–water partition coefficient (Wildman–Crippen LogP) is 4.37. The van der Waals surface area contributed by atoms with Crippen molar-refractivity contribution in [3.63, 3.8) is 0 Å². The zero-order valence-electron chi connectivity index (χ0n) is 17.7. The van der Waals surface area contributed by atoms with Crippen molar-refractivity contribution in [3.05, 3.63) is 106 Å². The lowest BCUT2D eigenvalue weighted by Crippen LogP contribution is -2.32. The number of anilines is 1. The maximum atomic E-state index is 13.6. The molecule has 0 fully saturated rings. The van der Waals surface area contributed by atoms with Gasteiger partial charge >= 0.3 is 0 Å². The normalized spacial score (nSPS) is 12.2. The lowest BCUT2D eigenvalue weighted by Gasteiger charge is -2.21. The fourth-order valence-electron chi connectivity index (χ4n) is 4.08. The summed E-state index contributed by atoms with van der Waals surface area (Å²) < 4.78 is 3.31. The fraction of sp³-hybridized carbons (Fsp3) is 0.0800. The van der Waals surface area contributed by atoms with E-state index in [1.807, 2.05) is 49.4 Å². The fourth-order valence-corrected chi connectivity index (χ4v) is 4.34. The van der Waals surface area contributed by atoms with E-state index in [-0.39, 0.29) is 17.0 Å². The number of amides is 1. The van der Waals surface area contributed by atoms with E-state index < -0.39 is 6.04 Å². The highest BCUT2D eigenvalue weighted by Gasteiger charge is 2.22. The highest BCUT2D eigenvalue weighted by Crippen LogP contribution is 2.26. The molecule has 0 saturated heterocycles. The molecule has 2 aromatic carbocycles. The van der Waals surface area contributed by atoms with Crippen LogP contribution in [-0.4, -0.2) is 19.9 Å². The van der Waals surface area contributed by atoms with Crippen molar-refractivity contribution < 1.29 is 4.79 Å². The minimum Gasteiger partial charge on any atom is -0.398 e. The summed E-state index contributed by atoms with van der Waals surface area (Å²) in [5, 5.41) is 4.49. The maximum Gasteiger partial charge on any atom is 0.264 e. The Morgan fingerprint density at radius 1 is 1.09 bits per heavy atom. The molecular formula is C25H20ClN5O2. The summed E-state index contributed by atoms with van der Waals surface area (Å²) in [5.74, 6) is -0.380. The van der Waals surface area contributed by atoms with Crippen LogP contribution >= 0.6 is 11.6 Å². The van der Waals surface area contributed by atoms with Gasteiger partial charge in [-0.05, 0) is 42.6 Å². The topological polar surface area (TPSA) is 94.4 Å². The highest BCUT2D eigenvalue weighted by molar-refractivity contribution is 6.35. The SMILES string of the molecule is C[C@H](NC(=O)c1c(N)ccn2ccnc12)c1cc2cccc(Cl)c2c(=O)n1-c1ccccc1. The molecule has 5 rings (SSSR count). The third kappa shape index (κ3) is 3.52. The Labute approximate surface area is 194 Å². The Kier molecular flexibility index (Phi) is 5.11. The molecule has 0 saturated carbocycles. The van der Waals surface area contributed by atoms with E-state index >= 15 is 0 Å². The third-order valence-electron chi connectivity index (χ3n) is 5.65. The number of carbonyl (C=O) groups excluding carboxylic acids is 1. The molecule has 0 aliphatic heterocycles. The summed E-state index contributed by atoms with van der Waals surface area (Å²) in [7, 11) is 0. The molecule has 5 aromatic rings. The molecule has 0 radical (unpaired) electrons. The van der Waals surface area contributed by atoms with E-state index in [2.05, 4.69) is 10.3 Å². The number of fused-ring (bicyclic) bond motifs is 2. The van der Waals surface area contributed by atoms with Crippen molar-refractivity contribution >= 4 is 39.6 Å². The number of nitrogens with zero attached hydrogens (tertiary/aromatic N) is 3. The van der Waals surface area contributed by atoms with Gasteiger partial charge in [-0.1, -0.05) is 41.9 Å². The second kappa shape index (κ2) is 8.11. The Bertz CT molecular complexity index is 1570. The van der Waals surface area contributed by atoms with Crippen LogP contribution in [0.1, 0.15) is 29.0 Å². The lowest BCUT2D eigenvalue weighted by atomic mass is 10.1. The smallest absolute Gasteiger partial charge is 0.264 e. The molecule has 0 unspecified atom stereocenters. The monoisotopic (exact) mass is 457 g/mol. The first-order valence-corrected chi connectivity index (χ1v) is 10.7. The van der Waals surface area contributed by atoms with Gasteiger partial charge in [0, 0.05) is 35.7 Å². The number of nitrogens with two attached hydrogens (primary N) is 1. The predicted molar refractivity (Wildman–Crippen MR) is 130 cm³/mol. The number of pyridine rings is 2. The van der Waals surface area contributed by atoms with E-state index in [9.17, 15) is 9.59 Å². The van der Waals surface area contributed by atoms with Crippen LogP contribution in [0, 0.1) is 0 Å². The zero-order chi connectivity index (χ0) is 23.1. The Hall–Kier alpha value is -4.10. The molecule has 7 nitrogen and oxygen atoms in total. The Morgan fingerprint density at radius 2 is 1.88 bits per heavy atom. The van der Waals surface area contributed by atoms with E-state index in [1.54, 1.807) is 45.8 Å². The number of rotatable bonds is 4. The largest absolute Gasteiger partial charge is 0.398 e. The van der Waals surface area contributed by atoms with Gasteiger partial charge in [0.15, 0.2) is 5.65 Å². The number of nitrogen functional groups attached to an aromatic ring is 1. The molecule has 0 aliphatic carbocycles. The molecule has 3 heterocycles. The molecule has 3 N–H and O–H groups in total. The van der Waals surface area contributed by atoms with Gasteiger partial charge in [0.25, 0.3) is 11.5 Å². The summed E-state index contributed by atoms with van der Waals surface area (Å²) in [6.45, 7) is 1.82. The molecule has 164 valence electrons. The van der Waals surface area contributed by atoms with Crippen molar-refractivity contribution in [2.75, 3.05) is 5.73 Å². The van der Waals surface area contributed by atoms with E-state index in [0.29, 0.717) is 38.5 Å². The van der Waals surface area contributed by atoms with Crippen LogP contribution in [-0.2, 0) is 0 Å². The van der Waals surface area contributed by atoms with Gasteiger partial charge in [-0.15, -0.1) is 0 Å². The zero-order valence-corrected chi connectivity index (χ0v) is 18.5. The number of aromatic nitrogens is 3. The van der Waals surface area contributed by atoms with E-state index in [0.717, 1.165) is 0 Å². The summed E-state index contributed by atoms with van der Waals surface area (Å²) >= 11 is 6.37. The molecule has 0 aliphatic rings. The first-order valence-electron chi connectivity index (χ1n) is 10.4. The quantitative estimate of drug-likeness (QED) is 0.419. The van der Waals surface area contributed by atoms with Gasteiger partial charge in [0.1, 0.15) is 5.56 Å². The number of imidazole rings is 1. The van der Waals surface area contributed by atoms with Gasteiger partial charge < -0.3 is 15.5 Å². The second-order valence-electron chi connectivity index (χ2n) is 7.75. The van der Waals surface area contributed by atoms with Crippen molar-refractivity contribution in [3.8, 4) is 5.69 Å². The van der Waals surface area contributed by atoms with Gasteiger partial charge in [-0.2, -0.15) is 0 Å². The number of nitrogens with one attached hydrogen (secondary N) is 1. The molecule has 3 aromatic heterocycles. The maximum absolute atomic E-state index is 13.6. The summed E-state index contributed by atoms with van der Waals surface area (Å²) in [4.78, 5) is 31.1. The number of benzene rings is 2. The number of hydrogen-bond acceptors (Lipinski definition) is 4. The van der Waals surface area contributed by atoms with Gasteiger partial charge in [0.05, 0.1) is 16.5 Å². The average Bonchev–Trinajstić information content (AvgIpc) is 3.27. The molecule has 0 bridgehead atoms. The van der Waals surface area contributed by atoms with Crippen LogP contribution in [0.5, 0.6) is 0 Å². The van der Waals surface area contributed by atoms with Crippen molar-refractivity contribution in [2.24, 2.45) is 0 Å². The molecule has 1 atom stereocenters. The summed E-state index contributed by atoms with van der Waals surface area (Å²) in [6.07, 6.45) is 5.10. The second-order valence-corrected chi connectivity index (χ2v) is 8.16.